The topological polar surface area (TPSA) is 60.9 Å². The highest BCUT2D eigenvalue weighted by atomic mass is 32.2. The van der Waals surface area contributed by atoms with Crippen molar-refractivity contribution in [3.05, 3.63) is 0 Å². The highest BCUT2D eigenvalue weighted by molar-refractivity contribution is 8.00. The smallest absolute Gasteiger partial charge is 0.327 e. The number of amides is 2. The molecule has 2 amide bonds. The number of hydrogen-bond donors (Lipinski definition) is 1. The minimum absolute atomic E-state index is 0.0539. The highest BCUT2D eigenvalue weighted by Gasteiger charge is 2.44. The van der Waals surface area contributed by atoms with Crippen molar-refractivity contribution in [2.24, 2.45) is 5.92 Å². The molecule has 0 aliphatic carbocycles. The number of carboxylic acids is 1. The second-order valence-electron chi connectivity index (χ2n) is 4.78. The lowest BCUT2D eigenvalue weighted by molar-refractivity contribution is -0.141. The van der Waals surface area contributed by atoms with Gasteiger partial charge in [0.2, 0.25) is 0 Å². The first-order chi connectivity index (χ1) is 8.75. The molecular formula is C11H18F2N2O3S. The zero-order valence-electron chi connectivity index (χ0n) is 11.0. The van der Waals surface area contributed by atoms with E-state index in [-0.39, 0.29) is 17.0 Å². The van der Waals surface area contributed by atoms with Gasteiger partial charge in [-0.3, -0.25) is 4.90 Å². The van der Waals surface area contributed by atoms with Crippen LogP contribution in [0.3, 0.4) is 0 Å². The maximum atomic E-state index is 12.3. The Labute approximate surface area is 114 Å². The summed E-state index contributed by atoms with van der Waals surface area (Å²) in [6, 6.07) is -1.61. The summed E-state index contributed by atoms with van der Waals surface area (Å²) in [5.74, 6) is -0.764. The molecule has 1 aliphatic heterocycles. The SMILES string of the molecule is CC(C)C1SCC(C(=O)O)N1C(=O)N(C)CC(F)F. The van der Waals surface area contributed by atoms with Gasteiger partial charge in [0.1, 0.15) is 6.04 Å². The van der Waals surface area contributed by atoms with Gasteiger partial charge in [-0.1, -0.05) is 13.8 Å². The number of alkyl halides is 2. The van der Waals surface area contributed by atoms with E-state index in [2.05, 4.69) is 0 Å². The van der Waals surface area contributed by atoms with Gasteiger partial charge in [-0.25, -0.2) is 18.4 Å². The lowest BCUT2D eigenvalue weighted by Gasteiger charge is -2.33. The molecule has 0 radical (unpaired) electrons. The van der Waals surface area contributed by atoms with Crippen LogP contribution >= 0.6 is 11.8 Å². The fourth-order valence-corrected chi connectivity index (χ4v) is 3.42. The summed E-state index contributed by atoms with van der Waals surface area (Å²) < 4.78 is 24.6. The van der Waals surface area contributed by atoms with E-state index < -0.39 is 31.0 Å². The number of halogens is 2. The summed E-state index contributed by atoms with van der Waals surface area (Å²) in [6.07, 6.45) is -2.63. The third-order valence-electron chi connectivity index (χ3n) is 2.85. The van der Waals surface area contributed by atoms with Crippen LogP contribution in [0.25, 0.3) is 0 Å². The number of rotatable bonds is 4. The number of urea groups is 1. The number of carboxylic acid groups (broad SMARTS) is 1. The standard InChI is InChI=1S/C11H18F2N2O3S/c1-6(2)9-15(7(5-19-9)10(16)17)11(18)14(3)4-8(12)13/h6-9H,4-5H2,1-3H3,(H,16,17). The van der Waals surface area contributed by atoms with Crippen LogP contribution < -0.4 is 0 Å². The number of carbonyl (C=O) groups is 2. The van der Waals surface area contributed by atoms with E-state index in [1.54, 1.807) is 0 Å². The predicted octanol–water partition coefficient (Wildman–Crippen LogP) is 1.79. The van der Waals surface area contributed by atoms with Crippen molar-refractivity contribution in [2.75, 3.05) is 19.3 Å². The Hall–Kier alpha value is -1.05. The normalized spacial score (nSPS) is 23.2. The van der Waals surface area contributed by atoms with Gasteiger partial charge in [-0.2, -0.15) is 0 Å². The molecule has 2 unspecified atom stereocenters. The molecule has 1 aliphatic rings. The summed E-state index contributed by atoms with van der Waals surface area (Å²) in [7, 11) is 1.26. The molecule has 0 aromatic carbocycles. The van der Waals surface area contributed by atoms with Crippen LogP contribution in [-0.2, 0) is 4.79 Å². The van der Waals surface area contributed by atoms with Gasteiger partial charge in [-0.05, 0) is 5.92 Å². The van der Waals surface area contributed by atoms with Crippen molar-refractivity contribution < 1.29 is 23.5 Å². The fourth-order valence-electron chi connectivity index (χ4n) is 1.96. The zero-order valence-corrected chi connectivity index (χ0v) is 11.9. The lowest BCUT2D eigenvalue weighted by atomic mass is 10.1. The summed E-state index contributed by atoms with van der Waals surface area (Å²) in [6.45, 7) is 3.04. The molecule has 1 N–H and O–H groups in total. The van der Waals surface area contributed by atoms with Crippen LogP contribution in [0.2, 0.25) is 0 Å². The maximum Gasteiger partial charge on any atom is 0.327 e. The van der Waals surface area contributed by atoms with Crippen molar-refractivity contribution in [3.63, 3.8) is 0 Å². The van der Waals surface area contributed by atoms with Crippen molar-refractivity contribution in [3.8, 4) is 0 Å². The minimum Gasteiger partial charge on any atom is -0.480 e. The molecule has 0 saturated carbocycles. The third kappa shape index (κ3) is 3.71. The van der Waals surface area contributed by atoms with Crippen LogP contribution in [0.5, 0.6) is 0 Å². The first-order valence-electron chi connectivity index (χ1n) is 5.91. The van der Waals surface area contributed by atoms with Gasteiger partial charge in [0.25, 0.3) is 6.43 Å². The number of nitrogens with zero attached hydrogens (tertiary/aromatic N) is 2. The van der Waals surface area contributed by atoms with Gasteiger partial charge in [0, 0.05) is 12.8 Å². The van der Waals surface area contributed by atoms with Crippen LogP contribution in [-0.4, -0.2) is 64.1 Å². The number of carbonyl (C=O) groups excluding carboxylic acids is 1. The molecular weight excluding hydrogens is 278 g/mol. The second-order valence-corrected chi connectivity index (χ2v) is 5.93. The van der Waals surface area contributed by atoms with E-state index in [0.717, 1.165) is 4.90 Å². The summed E-state index contributed by atoms with van der Waals surface area (Å²) in [5.41, 5.74) is 0. The fraction of sp³-hybridized carbons (Fsp3) is 0.818. The molecule has 0 bridgehead atoms. The van der Waals surface area contributed by atoms with Crippen molar-refractivity contribution in [2.45, 2.75) is 31.7 Å². The van der Waals surface area contributed by atoms with Gasteiger partial charge >= 0.3 is 12.0 Å². The first-order valence-corrected chi connectivity index (χ1v) is 6.96. The first kappa shape index (κ1) is 16.0. The van der Waals surface area contributed by atoms with Crippen molar-refractivity contribution >= 4 is 23.8 Å². The van der Waals surface area contributed by atoms with E-state index in [4.69, 9.17) is 5.11 Å². The third-order valence-corrected chi connectivity index (χ3v) is 4.47. The molecule has 1 heterocycles. The summed E-state index contributed by atoms with van der Waals surface area (Å²) in [5, 5.41) is 8.82. The molecule has 1 saturated heterocycles. The Bertz CT molecular complexity index is 355. The summed E-state index contributed by atoms with van der Waals surface area (Å²) in [4.78, 5) is 25.4. The van der Waals surface area contributed by atoms with Gasteiger partial charge < -0.3 is 10.0 Å². The number of aliphatic carboxylic acids is 1. The molecule has 0 spiro atoms. The Kier molecular flexibility index (Phi) is 5.39. The zero-order chi connectivity index (χ0) is 14.7. The van der Waals surface area contributed by atoms with E-state index in [9.17, 15) is 18.4 Å². The second kappa shape index (κ2) is 6.40. The lowest BCUT2D eigenvalue weighted by Crippen LogP contribution is -2.52. The Morgan fingerprint density at radius 2 is 2.05 bits per heavy atom. The largest absolute Gasteiger partial charge is 0.480 e. The van der Waals surface area contributed by atoms with E-state index >= 15 is 0 Å². The average Bonchev–Trinajstić information content (AvgIpc) is 2.71. The Morgan fingerprint density at radius 3 is 2.47 bits per heavy atom. The predicted molar refractivity (Wildman–Crippen MR) is 68.4 cm³/mol. The summed E-state index contributed by atoms with van der Waals surface area (Å²) >= 11 is 1.37. The quantitative estimate of drug-likeness (QED) is 0.859. The molecule has 0 aromatic heterocycles. The average molecular weight is 296 g/mol. The van der Waals surface area contributed by atoms with Crippen molar-refractivity contribution in [1.82, 2.24) is 9.80 Å². The van der Waals surface area contributed by atoms with Gasteiger partial charge in [-0.15, -0.1) is 11.8 Å². The van der Waals surface area contributed by atoms with Crippen LogP contribution in [0.4, 0.5) is 13.6 Å². The molecule has 1 rings (SSSR count). The van der Waals surface area contributed by atoms with Crippen molar-refractivity contribution in [1.29, 1.82) is 0 Å². The van der Waals surface area contributed by atoms with Crippen LogP contribution in [0.15, 0.2) is 0 Å². The number of thioether (sulfide) groups is 1. The molecule has 110 valence electrons. The number of hydrogen-bond acceptors (Lipinski definition) is 3. The maximum absolute atomic E-state index is 12.3. The molecule has 5 nitrogen and oxygen atoms in total. The molecule has 19 heavy (non-hydrogen) atoms. The van der Waals surface area contributed by atoms with Gasteiger partial charge in [0.15, 0.2) is 0 Å². The van der Waals surface area contributed by atoms with E-state index in [1.165, 1.54) is 23.7 Å². The monoisotopic (exact) mass is 296 g/mol. The van der Waals surface area contributed by atoms with Crippen LogP contribution in [0, 0.1) is 5.92 Å². The molecule has 0 aromatic rings. The Balaban J connectivity index is 2.89. The van der Waals surface area contributed by atoms with E-state index in [1.807, 2.05) is 13.8 Å². The minimum atomic E-state index is -2.63. The van der Waals surface area contributed by atoms with E-state index in [0.29, 0.717) is 0 Å². The Morgan fingerprint density at radius 1 is 1.47 bits per heavy atom. The van der Waals surface area contributed by atoms with Crippen LogP contribution in [0.1, 0.15) is 13.8 Å². The highest BCUT2D eigenvalue weighted by Crippen LogP contribution is 2.34. The molecule has 8 heteroatoms. The van der Waals surface area contributed by atoms with Gasteiger partial charge in [0.05, 0.1) is 11.9 Å². The molecule has 1 fully saturated rings. The molecule has 2 atom stereocenters.